The second-order valence-corrected chi connectivity index (χ2v) is 17.5. The Kier molecular flexibility index (Phi) is 9.94. The molecule has 3 aromatic carbocycles. The highest BCUT2D eigenvalue weighted by atomic mass is 19.1. The Labute approximate surface area is 377 Å². The van der Waals surface area contributed by atoms with E-state index < -0.39 is 5.66 Å². The number of dihydropyridines is 1. The van der Waals surface area contributed by atoms with Crippen LogP contribution in [0.4, 0.5) is 10.2 Å². The van der Waals surface area contributed by atoms with E-state index in [1.165, 1.54) is 24.3 Å². The molecular formula is C49H47FN12O4. The summed E-state index contributed by atoms with van der Waals surface area (Å²) in [6.45, 7) is 7.42. The maximum Gasteiger partial charge on any atom is 0.254 e. The molecule has 0 bridgehead atoms. The maximum absolute atomic E-state index is 13.7. The lowest BCUT2D eigenvalue weighted by Gasteiger charge is -2.32. The number of rotatable bonds is 9. The van der Waals surface area contributed by atoms with Gasteiger partial charge in [-0.15, -0.1) is 0 Å². The van der Waals surface area contributed by atoms with Gasteiger partial charge in [0.1, 0.15) is 29.1 Å². The lowest BCUT2D eigenvalue weighted by molar-refractivity contribution is 0.0303. The minimum atomic E-state index is -0.772. The Bertz CT molecular complexity index is 3220. The van der Waals surface area contributed by atoms with Crippen LogP contribution in [0.2, 0.25) is 0 Å². The highest BCUT2D eigenvalue weighted by Crippen LogP contribution is 2.37. The van der Waals surface area contributed by atoms with Crippen molar-refractivity contribution in [3.8, 4) is 11.3 Å². The number of aromatic amines is 3. The molecule has 2 saturated heterocycles. The van der Waals surface area contributed by atoms with Crippen LogP contribution in [-0.2, 0) is 11.3 Å². The van der Waals surface area contributed by atoms with Gasteiger partial charge in [0, 0.05) is 93.1 Å². The van der Waals surface area contributed by atoms with Crippen LogP contribution in [0.3, 0.4) is 0 Å². The normalized spacial score (nSPS) is 18.9. The van der Waals surface area contributed by atoms with Crippen molar-refractivity contribution in [1.29, 1.82) is 0 Å². The number of nitrogens with zero attached hydrogens (tertiary/aromatic N) is 5. The fourth-order valence-corrected chi connectivity index (χ4v) is 9.63. The summed E-state index contributed by atoms with van der Waals surface area (Å²) >= 11 is 0. The van der Waals surface area contributed by atoms with Gasteiger partial charge in [-0.25, -0.2) is 19.4 Å². The van der Waals surface area contributed by atoms with E-state index in [4.69, 9.17) is 20.4 Å². The SMILES string of the molecule is CC1=NC2(C)NC(NCc3nc4nc(N)cc(-c5cc6ccc(C(=O)N7CCC(C(=O)c8ccc(F)cc8)CC7)cc6[nH]5)c4[nH]3)=CC(c3cc4ccc(C(=O)N5CCOCC5)cc4[nH]3)=C2N1. The Morgan fingerprint density at radius 2 is 1.45 bits per heavy atom. The van der Waals surface area contributed by atoms with Gasteiger partial charge in [0.25, 0.3) is 11.8 Å². The third kappa shape index (κ3) is 7.49. The second-order valence-electron chi connectivity index (χ2n) is 17.5. The first-order valence-electron chi connectivity index (χ1n) is 22.1. The molecule has 0 aliphatic carbocycles. The molecule has 2 amide bonds. The number of benzene rings is 3. The summed E-state index contributed by atoms with van der Waals surface area (Å²) in [5, 5.41) is 12.4. The topological polar surface area (TPSA) is 215 Å². The van der Waals surface area contributed by atoms with Crippen LogP contribution < -0.4 is 21.7 Å². The molecule has 334 valence electrons. The molecule has 4 aliphatic heterocycles. The van der Waals surface area contributed by atoms with Gasteiger partial charge in [-0.2, -0.15) is 0 Å². The third-order valence-corrected chi connectivity index (χ3v) is 13.0. The number of pyridine rings is 1. The number of morpholine rings is 1. The minimum absolute atomic E-state index is 0.00838. The fraction of sp³-hybridized carbons (Fsp3) is 0.265. The quantitative estimate of drug-likeness (QED) is 0.0816. The van der Waals surface area contributed by atoms with Gasteiger partial charge in [-0.1, -0.05) is 12.1 Å². The van der Waals surface area contributed by atoms with Gasteiger partial charge < -0.3 is 51.2 Å². The van der Waals surface area contributed by atoms with Gasteiger partial charge in [0.05, 0.1) is 31.0 Å². The minimum Gasteiger partial charge on any atom is -0.384 e. The van der Waals surface area contributed by atoms with Gasteiger partial charge in [-0.3, -0.25) is 14.4 Å². The molecule has 8 N–H and O–H groups in total. The number of piperidine rings is 1. The van der Waals surface area contributed by atoms with E-state index in [0.717, 1.165) is 61.7 Å². The summed E-state index contributed by atoms with van der Waals surface area (Å²) in [5.41, 5.74) is 14.3. The summed E-state index contributed by atoms with van der Waals surface area (Å²) in [5.74, 6) is 1.74. The number of amidine groups is 1. The van der Waals surface area contributed by atoms with Crippen LogP contribution in [0.1, 0.15) is 69.3 Å². The molecule has 0 radical (unpaired) electrons. The van der Waals surface area contributed by atoms with Crippen LogP contribution in [0.5, 0.6) is 0 Å². The number of nitrogens with two attached hydrogens (primary N) is 1. The first-order valence-corrected chi connectivity index (χ1v) is 22.1. The number of carbonyl (C=O) groups excluding carboxylic acids is 3. The predicted molar refractivity (Wildman–Crippen MR) is 250 cm³/mol. The number of H-pyrrole nitrogens is 3. The fourth-order valence-electron chi connectivity index (χ4n) is 9.63. The molecule has 1 unspecified atom stereocenters. The van der Waals surface area contributed by atoms with Crippen LogP contribution in [0.25, 0.3) is 49.8 Å². The van der Waals surface area contributed by atoms with Gasteiger partial charge >= 0.3 is 0 Å². The van der Waals surface area contributed by atoms with Crippen molar-refractivity contribution in [2.24, 2.45) is 10.9 Å². The molecule has 4 aromatic heterocycles. The van der Waals surface area contributed by atoms with E-state index in [1.54, 1.807) is 11.0 Å². The zero-order valence-electron chi connectivity index (χ0n) is 36.3. The van der Waals surface area contributed by atoms with Crippen molar-refractivity contribution >= 4 is 67.8 Å². The molecule has 11 rings (SSSR count). The number of aliphatic imine (C=N–C) groups is 1. The van der Waals surface area contributed by atoms with Gasteiger partial charge in [0.15, 0.2) is 17.1 Å². The number of allylic oxidation sites excluding steroid dienone is 2. The molecule has 66 heavy (non-hydrogen) atoms. The second kappa shape index (κ2) is 16.0. The summed E-state index contributed by atoms with van der Waals surface area (Å²) in [6.07, 6.45) is 3.13. The standard InChI is InChI=1S/C49H47FN12O4/c1-26-53-45-35(39-20-30-4-6-32(22-37(30)55-39)48(65)62-15-17-66-18-16-62)24-41(60-49(45,2)59-26)52-25-42-57-43-34(23-40(51)56-46(43)58-42)38-19-29-3-5-31(21-36(29)54-38)47(64)61-13-11-28(12-14-61)44(63)27-7-9-33(50)10-8-27/h3-10,19-24,28,52,54-55,60H,11-18,25H2,1-2H3,(H,53,59)(H3,51,56,57,58). The molecule has 2 fully saturated rings. The van der Waals surface area contributed by atoms with E-state index in [0.29, 0.717) is 98.3 Å². The van der Waals surface area contributed by atoms with Crippen LogP contribution in [-0.4, -0.2) is 103 Å². The average Bonchev–Trinajstić information content (AvgIpc) is 4.13. The summed E-state index contributed by atoms with van der Waals surface area (Å²) in [4.78, 5) is 68.5. The van der Waals surface area contributed by atoms with E-state index in [-0.39, 0.29) is 29.3 Å². The number of anilines is 1. The van der Waals surface area contributed by atoms with Crippen molar-refractivity contribution in [3.63, 3.8) is 0 Å². The van der Waals surface area contributed by atoms with E-state index in [2.05, 4.69) is 42.0 Å². The van der Waals surface area contributed by atoms with E-state index in [9.17, 15) is 18.8 Å². The number of hydrogen-bond acceptors (Lipinski definition) is 11. The van der Waals surface area contributed by atoms with Crippen molar-refractivity contribution in [1.82, 2.24) is 50.7 Å². The third-order valence-electron chi connectivity index (χ3n) is 13.0. The maximum atomic E-state index is 13.7. The van der Waals surface area contributed by atoms with Gasteiger partial charge in [0.2, 0.25) is 0 Å². The molecular weight excluding hydrogens is 840 g/mol. The Morgan fingerprint density at radius 1 is 0.818 bits per heavy atom. The molecule has 4 aliphatic rings. The number of Topliss-reactive ketones (excluding diaryl/α,β-unsaturated/α-hetero) is 1. The highest BCUT2D eigenvalue weighted by Gasteiger charge is 2.40. The number of hydrogen-bond donors (Lipinski definition) is 7. The predicted octanol–water partition coefficient (Wildman–Crippen LogP) is 6.20. The number of ketones is 1. The number of nitrogen functional groups attached to an aromatic ring is 1. The van der Waals surface area contributed by atoms with Crippen molar-refractivity contribution < 1.29 is 23.5 Å². The number of likely N-dealkylation sites (tertiary alicyclic amines) is 1. The van der Waals surface area contributed by atoms with Crippen LogP contribution >= 0.6 is 0 Å². The monoisotopic (exact) mass is 886 g/mol. The number of fused-ring (bicyclic) bond motifs is 4. The Morgan fingerprint density at radius 3 is 2.15 bits per heavy atom. The first-order chi connectivity index (χ1) is 31.9. The van der Waals surface area contributed by atoms with Crippen molar-refractivity contribution in [2.45, 2.75) is 38.9 Å². The largest absolute Gasteiger partial charge is 0.384 e. The lowest BCUT2D eigenvalue weighted by Crippen LogP contribution is -2.47. The number of carbonyl (C=O) groups is 3. The zero-order chi connectivity index (χ0) is 45.3. The Balaban J connectivity index is 0.810. The smallest absolute Gasteiger partial charge is 0.254 e. The van der Waals surface area contributed by atoms with Crippen LogP contribution in [0, 0.1) is 11.7 Å². The van der Waals surface area contributed by atoms with Crippen molar-refractivity contribution in [2.75, 3.05) is 45.1 Å². The molecule has 17 heteroatoms. The molecule has 1 atom stereocenters. The average molecular weight is 887 g/mol. The summed E-state index contributed by atoms with van der Waals surface area (Å²) in [6, 6.07) is 22.9. The number of nitrogens with one attached hydrogen (secondary N) is 6. The first kappa shape index (κ1) is 40.9. The van der Waals surface area contributed by atoms with Crippen LogP contribution in [0.15, 0.2) is 101 Å². The summed E-state index contributed by atoms with van der Waals surface area (Å²) < 4.78 is 18.9. The van der Waals surface area contributed by atoms with Gasteiger partial charge in [-0.05, 0) is 99.5 Å². The van der Waals surface area contributed by atoms with Crippen molar-refractivity contribution in [3.05, 3.63) is 130 Å². The molecule has 0 spiro atoms. The van der Waals surface area contributed by atoms with E-state index in [1.807, 2.05) is 67.3 Å². The molecule has 16 nitrogen and oxygen atoms in total. The van der Waals surface area contributed by atoms with E-state index >= 15 is 0 Å². The number of imidazole rings is 1. The lowest BCUT2D eigenvalue weighted by atomic mass is 9.88. The number of halogens is 1. The number of aromatic nitrogens is 5. The molecule has 0 saturated carbocycles. The zero-order valence-corrected chi connectivity index (χ0v) is 36.3. The Hall–Kier alpha value is -7.79. The molecule has 7 aromatic rings. The highest BCUT2D eigenvalue weighted by molar-refractivity contribution is 6.02. The number of ether oxygens (including phenoxy) is 1. The summed E-state index contributed by atoms with van der Waals surface area (Å²) in [7, 11) is 0. The number of amides is 2. The molecule has 8 heterocycles.